The molecule has 116 heavy (non-hydrogen) atoms. The summed E-state index contributed by atoms with van der Waals surface area (Å²) in [7, 11) is 5.09. The number of likely N-dealkylation sites (N-methyl/N-ethyl adjacent to an activating group) is 3. The summed E-state index contributed by atoms with van der Waals surface area (Å²) in [5.74, 6) is -3.32. The first-order valence-corrected chi connectivity index (χ1v) is 41.7. The molecule has 9 heterocycles. The Morgan fingerprint density at radius 2 is 0.759 bits per heavy atom. The summed E-state index contributed by atoms with van der Waals surface area (Å²) in [6.45, 7) is 6.49. The molecule has 3 aromatic carbocycles. The molecule has 9 N–H and O–H groups in total. The van der Waals surface area contributed by atoms with E-state index in [1.54, 1.807) is 74.8 Å². The average Bonchev–Trinajstić information content (AvgIpc) is 1.65. The van der Waals surface area contributed by atoms with Gasteiger partial charge in [0.2, 0.25) is 53.2 Å². The van der Waals surface area contributed by atoms with E-state index in [1.165, 1.54) is 4.90 Å². The first-order valence-electron chi connectivity index (χ1n) is 41.7. The number of Topliss-reactive ketones (excluding diaryl/α,β-unsaturated/α-hetero) is 2. The van der Waals surface area contributed by atoms with Crippen LogP contribution in [0.2, 0.25) is 0 Å². The van der Waals surface area contributed by atoms with Crippen molar-refractivity contribution in [3.8, 4) is 0 Å². The number of rotatable bonds is 27. The Bertz CT molecular complexity index is 3890. The second kappa shape index (κ2) is 42.7. The van der Waals surface area contributed by atoms with E-state index in [4.69, 9.17) is 14.2 Å². The van der Waals surface area contributed by atoms with Crippen LogP contribution in [-0.2, 0) is 114 Å². The number of hydrogen-bond acceptors (Lipinski definition) is 21. The maximum absolute atomic E-state index is 13.6. The van der Waals surface area contributed by atoms with Crippen LogP contribution in [0.25, 0.3) is 0 Å². The number of ketones is 2. The van der Waals surface area contributed by atoms with Crippen LogP contribution in [0.3, 0.4) is 0 Å². The monoisotopic (exact) mass is 1610 g/mol. The van der Waals surface area contributed by atoms with Gasteiger partial charge < -0.3 is 81.7 Å². The normalized spacial score (nSPS) is 25.3. The Hall–Kier alpha value is -10.0. The Morgan fingerprint density at radius 3 is 1.10 bits per heavy atom. The largest absolute Gasteiger partial charge is 0.462 e. The van der Waals surface area contributed by atoms with E-state index in [0.29, 0.717) is 115 Å². The number of amides is 10. The Balaban J connectivity index is 0.000000184. The number of ether oxygens (including phenoxy) is 3. The topological polar surface area (TPSA) is 405 Å². The van der Waals surface area contributed by atoms with Crippen LogP contribution >= 0.6 is 0 Å². The molecule has 0 radical (unpaired) electrons. The zero-order valence-electron chi connectivity index (χ0n) is 67.8. The lowest BCUT2D eigenvalue weighted by molar-refractivity contribution is -0.149. The average molecular weight is 1610 g/mol. The highest BCUT2D eigenvalue weighted by Crippen LogP contribution is 2.35. The number of morpholine rings is 1. The molecule has 3 aromatic rings. The third-order valence-electron chi connectivity index (χ3n) is 23.9. The Labute approximate surface area is 678 Å². The van der Waals surface area contributed by atoms with E-state index in [9.17, 15) is 71.9 Å². The molecule has 31 heteroatoms. The first-order chi connectivity index (χ1) is 55.8. The Morgan fingerprint density at radius 1 is 0.414 bits per heavy atom. The first kappa shape index (κ1) is 88.4. The maximum Gasteiger partial charge on any atom is 0.325 e. The molecule has 12 rings (SSSR count). The van der Waals surface area contributed by atoms with Crippen molar-refractivity contribution < 1.29 is 86.1 Å². The van der Waals surface area contributed by atoms with Crippen molar-refractivity contribution in [3.63, 3.8) is 0 Å². The van der Waals surface area contributed by atoms with Gasteiger partial charge in [-0.05, 0) is 172 Å². The summed E-state index contributed by atoms with van der Waals surface area (Å²) in [6, 6.07) is 17.5. The lowest BCUT2D eigenvalue weighted by Crippen LogP contribution is -2.57. The van der Waals surface area contributed by atoms with Gasteiger partial charge in [0.15, 0.2) is 23.8 Å². The predicted molar refractivity (Wildman–Crippen MR) is 424 cm³/mol. The molecular weight excluding hydrogens is 1490 g/mol. The lowest BCUT2D eigenvalue weighted by Gasteiger charge is -2.35. The molecule has 9 aliphatic heterocycles. The highest BCUT2D eigenvalue weighted by atomic mass is 16.6. The van der Waals surface area contributed by atoms with Gasteiger partial charge in [-0.25, -0.2) is 0 Å². The van der Waals surface area contributed by atoms with Crippen LogP contribution < -0.4 is 47.9 Å². The number of hydrogen-bond donors (Lipinski definition) is 9. The van der Waals surface area contributed by atoms with Crippen molar-refractivity contribution in [1.82, 2.24) is 67.5 Å². The van der Waals surface area contributed by atoms with Crippen molar-refractivity contribution in [2.45, 2.75) is 292 Å². The van der Waals surface area contributed by atoms with Gasteiger partial charge in [-0.3, -0.25) is 71.9 Å². The molecule has 14 atom stereocenters. The summed E-state index contributed by atoms with van der Waals surface area (Å²) in [5, 5.41) is 26.3. The molecule has 31 nitrogen and oxygen atoms in total. The number of fused-ring (bicyclic) bond motifs is 3. The van der Waals surface area contributed by atoms with Gasteiger partial charge in [0.05, 0.1) is 24.7 Å². The molecular formula is C85H117N13O18. The number of nitrogens with zero attached hydrogens (tertiary/aromatic N) is 4. The molecule has 0 aliphatic carbocycles. The summed E-state index contributed by atoms with van der Waals surface area (Å²) < 4.78 is 15.0. The fourth-order valence-electron chi connectivity index (χ4n) is 16.8. The number of aryl methyl sites for hydroxylation is 2. The summed E-state index contributed by atoms with van der Waals surface area (Å²) in [6.07, 6.45) is 15.6. The zero-order chi connectivity index (χ0) is 83.1. The fourth-order valence-corrected chi connectivity index (χ4v) is 16.8. The van der Waals surface area contributed by atoms with Gasteiger partial charge in [-0.15, -0.1) is 0 Å². The smallest absolute Gasteiger partial charge is 0.325 e. The summed E-state index contributed by atoms with van der Waals surface area (Å²) >= 11 is 0. The summed E-state index contributed by atoms with van der Waals surface area (Å²) in [5.41, 5.74) is 4.91. The zero-order valence-corrected chi connectivity index (χ0v) is 67.8. The van der Waals surface area contributed by atoms with Gasteiger partial charge in [-0.2, -0.15) is 0 Å². The quantitative estimate of drug-likeness (QED) is 0.0390. The second-order valence-electron chi connectivity index (χ2n) is 32.0. The molecule has 10 amide bonds. The van der Waals surface area contributed by atoms with Gasteiger partial charge in [0.1, 0.15) is 49.4 Å². The number of benzene rings is 3. The summed E-state index contributed by atoms with van der Waals surface area (Å²) in [4.78, 5) is 196. The van der Waals surface area contributed by atoms with Crippen molar-refractivity contribution in [2.75, 3.05) is 40.8 Å². The van der Waals surface area contributed by atoms with Crippen molar-refractivity contribution in [2.24, 2.45) is 0 Å². The van der Waals surface area contributed by atoms with E-state index < -0.39 is 72.6 Å². The number of nitrogens with one attached hydrogen (secondary N) is 9. The van der Waals surface area contributed by atoms with Crippen LogP contribution in [0, 0.1) is 0 Å². The number of cyclic esters (lactones) is 3. The molecule has 0 unspecified atom stereocenters. The minimum Gasteiger partial charge on any atom is -0.462 e. The van der Waals surface area contributed by atoms with Gasteiger partial charge in [0, 0.05) is 81.8 Å². The molecule has 0 bridgehead atoms. The van der Waals surface area contributed by atoms with Crippen LogP contribution in [0.5, 0.6) is 0 Å². The van der Waals surface area contributed by atoms with E-state index in [-0.39, 0.29) is 120 Å². The fraction of sp³-hybridized carbons (Fsp3) is 0.612. The van der Waals surface area contributed by atoms with E-state index in [2.05, 4.69) is 47.9 Å². The highest BCUT2D eigenvalue weighted by molar-refractivity contribution is 5.98. The van der Waals surface area contributed by atoms with Crippen LogP contribution in [0.4, 0.5) is 0 Å². The molecule has 9 aliphatic rings. The molecule has 0 saturated carbocycles. The van der Waals surface area contributed by atoms with E-state index in [0.717, 1.165) is 105 Å². The minimum atomic E-state index is -0.649. The Kier molecular flexibility index (Phi) is 32.6. The van der Waals surface area contributed by atoms with Gasteiger partial charge in [-0.1, -0.05) is 99.2 Å². The third-order valence-corrected chi connectivity index (χ3v) is 23.9. The highest BCUT2D eigenvalue weighted by Gasteiger charge is 2.48. The van der Waals surface area contributed by atoms with Crippen LogP contribution in [0.15, 0.2) is 72.8 Å². The van der Waals surface area contributed by atoms with Crippen LogP contribution in [-0.4, -0.2) is 234 Å². The lowest BCUT2D eigenvalue weighted by atomic mass is 9.98. The van der Waals surface area contributed by atoms with Crippen LogP contribution in [0.1, 0.15) is 213 Å². The molecule has 0 spiro atoms. The number of carbonyl (C=O) groups is 15. The number of carbonyl (C=O) groups excluding carboxylic acids is 15. The van der Waals surface area contributed by atoms with Crippen molar-refractivity contribution in [1.29, 1.82) is 0 Å². The predicted octanol–water partition coefficient (Wildman–Crippen LogP) is 3.40. The van der Waals surface area contributed by atoms with Gasteiger partial charge >= 0.3 is 17.9 Å². The maximum atomic E-state index is 13.6. The third kappa shape index (κ3) is 23.9. The molecule has 0 aromatic heterocycles. The van der Waals surface area contributed by atoms with Gasteiger partial charge in [0.25, 0.3) is 5.91 Å². The molecule has 9 fully saturated rings. The minimum absolute atomic E-state index is 0.00896. The van der Waals surface area contributed by atoms with Crippen molar-refractivity contribution >= 4 is 88.5 Å². The van der Waals surface area contributed by atoms with E-state index >= 15 is 0 Å². The number of esters is 3. The standard InChI is InChI=1S/2C29H40N4O6.C27H37N5O6/c2*1-18(30-2)27(36)32-22-9-4-3-8-21-11-12-23(33(21)29(22)38)28(37)31-17-20-7-5-6-19(16-20)10-13-24(34)25-14-15-26(35)39-25;1-17(28-2)24(34)30-21-9-4-3-8-20-10-11-22(32(20)27(21)37)25(35)29-15-18-6-5-7-19(14-18)26(36)31-12-13-38-23(33)16-31/h2*5-7,16,18,21-23,25,30H,3-4,8-15,17H2,1-2H3,(H,31,37)(H,32,36);5-7,14,17,20-22,28H,3-4,8-13,15-16H2,1-2H3,(H,29,35)(H,30,34)/t18-,21-,22-,23-,25+;18-,21-,22-,23-,25-;17-,20-,21-,22-/m000/s1. The van der Waals surface area contributed by atoms with Crippen molar-refractivity contribution in [3.05, 3.63) is 106 Å². The second-order valence-corrected chi connectivity index (χ2v) is 32.0. The SMILES string of the molecule is CN[C@@H](C)C(=O)N[C@H]1CCCC[C@H]2CC[C@@H](C(=O)NCc3cccc(C(=O)N4CCOC(=O)C4)c3)N2C1=O.CN[C@@H](C)C(=O)N[C@H]1CCCC[C@H]2CC[C@@H](C(=O)NCc3cccc(CCC(=O)[C@@H]4CCC(=O)O4)c3)N2C1=O.CN[C@@H](C)C(=O)N[C@H]1CCCC[C@H]2CC[C@@H](C(=O)NCc3cccc(CCC(=O)[C@H]4CCC(=O)O4)c3)N2C1=O. The molecule has 9 saturated heterocycles. The molecule has 630 valence electrons. The van der Waals surface area contributed by atoms with E-state index in [1.807, 2.05) is 54.6 Å².